The summed E-state index contributed by atoms with van der Waals surface area (Å²) in [5, 5.41) is 10.3. The molecule has 2 N–H and O–H groups in total. The molecule has 1 aliphatic rings. The Kier molecular flexibility index (Phi) is 5.16. The fraction of sp³-hybridized carbons (Fsp3) is 0.667. The number of carbonyl (C=O) groups is 1. The van der Waals surface area contributed by atoms with Gasteiger partial charge in [-0.25, -0.2) is 0 Å². The van der Waals surface area contributed by atoms with E-state index in [0.717, 1.165) is 31.5 Å². The van der Waals surface area contributed by atoms with Gasteiger partial charge in [-0.15, -0.1) is 12.4 Å². The smallest absolute Gasteiger partial charge is 0.227 e. The minimum Gasteiger partial charge on any atom is -0.355 e. The van der Waals surface area contributed by atoms with E-state index >= 15 is 0 Å². The highest BCUT2D eigenvalue weighted by molar-refractivity contribution is 5.85. The molecule has 18 heavy (non-hydrogen) atoms. The summed E-state index contributed by atoms with van der Waals surface area (Å²) in [4.78, 5) is 12.0. The van der Waals surface area contributed by atoms with E-state index in [1.807, 2.05) is 26.4 Å². The van der Waals surface area contributed by atoms with E-state index in [0.29, 0.717) is 6.54 Å². The summed E-state index contributed by atoms with van der Waals surface area (Å²) in [6, 6.07) is 0. The second kappa shape index (κ2) is 6.20. The average molecular weight is 273 g/mol. The van der Waals surface area contributed by atoms with Crippen LogP contribution in [-0.4, -0.2) is 35.3 Å². The van der Waals surface area contributed by atoms with Crippen molar-refractivity contribution in [3.63, 3.8) is 0 Å². The van der Waals surface area contributed by atoms with Crippen molar-refractivity contribution >= 4 is 18.3 Å². The minimum absolute atomic E-state index is 0. The monoisotopic (exact) mass is 272 g/mol. The molecule has 0 aliphatic carbocycles. The number of amides is 1. The lowest BCUT2D eigenvalue weighted by molar-refractivity contribution is -0.129. The number of halogens is 1. The van der Waals surface area contributed by atoms with Crippen LogP contribution in [0.5, 0.6) is 0 Å². The van der Waals surface area contributed by atoms with Crippen molar-refractivity contribution in [1.82, 2.24) is 20.4 Å². The van der Waals surface area contributed by atoms with Crippen LogP contribution in [0.3, 0.4) is 0 Å². The van der Waals surface area contributed by atoms with Crippen LogP contribution in [-0.2, 0) is 18.3 Å². The number of hydrogen-bond acceptors (Lipinski definition) is 3. The van der Waals surface area contributed by atoms with E-state index in [1.165, 1.54) is 0 Å². The van der Waals surface area contributed by atoms with Gasteiger partial charge in [0.2, 0.25) is 5.91 Å². The normalized spacial score (nSPS) is 22.6. The second-order valence-electron chi connectivity index (χ2n) is 5.02. The van der Waals surface area contributed by atoms with Crippen molar-refractivity contribution < 1.29 is 4.79 Å². The van der Waals surface area contributed by atoms with Gasteiger partial charge in [-0.2, -0.15) is 5.10 Å². The largest absolute Gasteiger partial charge is 0.355 e. The first-order valence-corrected chi connectivity index (χ1v) is 6.07. The molecule has 1 amide bonds. The Labute approximate surface area is 114 Å². The summed E-state index contributed by atoms with van der Waals surface area (Å²) in [7, 11) is 1.90. The molecule has 0 bridgehead atoms. The lowest BCUT2D eigenvalue weighted by Crippen LogP contribution is -2.41. The first-order chi connectivity index (χ1) is 8.10. The van der Waals surface area contributed by atoms with E-state index in [9.17, 15) is 4.79 Å². The standard InChI is InChI=1S/C12H20N4O.ClH/c1-12(4-6-13-9-12)11(17)14-5-3-10-7-15-16(2)8-10;/h7-8,13H,3-6,9H2,1-2H3,(H,14,17);1H. The minimum atomic E-state index is -0.227. The molecule has 0 aromatic carbocycles. The summed E-state index contributed by atoms with van der Waals surface area (Å²) >= 11 is 0. The van der Waals surface area contributed by atoms with Crippen molar-refractivity contribution in [3.8, 4) is 0 Å². The van der Waals surface area contributed by atoms with Gasteiger partial charge in [0.25, 0.3) is 0 Å². The molecule has 1 aliphatic heterocycles. The van der Waals surface area contributed by atoms with Gasteiger partial charge in [-0.05, 0) is 31.9 Å². The molecule has 0 radical (unpaired) electrons. The van der Waals surface area contributed by atoms with Crippen LogP contribution in [0.2, 0.25) is 0 Å². The zero-order chi connectivity index (χ0) is 12.3. The summed E-state index contributed by atoms with van der Waals surface area (Å²) in [6.07, 6.45) is 5.57. The summed E-state index contributed by atoms with van der Waals surface area (Å²) in [5.74, 6) is 0.159. The molecule has 2 rings (SSSR count). The molecule has 1 saturated heterocycles. The highest BCUT2D eigenvalue weighted by atomic mass is 35.5. The number of carbonyl (C=O) groups excluding carboxylic acids is 1. The quantitative estimate of drug-likeness (QED) is 0.839. The van der Waals surface area contributed by atoms with Gasteiger partial charge in [0.05, 0.1) is 11.6 Å². The molecule has 0 saturated carbocycles. The molecule has 1 unspecified atom stereocenters. The number of nitrogens with one attached hydrogen (secondary N) is 2. The van der Waals surface area contributed by atoms with Crippen LogP contribution in [0.1, 0.15) is 18.9 Å². The Morgan fingerprint density at radius 1 is 1.67 bits per heavy atom. The van der Waals surface area contributed by atoms with Crippen molar-refractivity contribution in [2.24, 2.45) is 12.5 Å². The number of aromatic nitrogens is 2. The third kappa shape index (κ3) is 3.46. The predicted molar refractivity (Wildman–Crippen MR) is 72.8 cm³/mol. The Morgan fingerprint density at radius 3 is 3.00 bits per heavy atom. The molecule has 1 atom stereocenters. The van der Waals surface area contributed by atoms with Crippen LogP contribution >= 0.6 is 12.4 Å². The molecular formula is C12H21ClN4O. The third-order valence-electron chi connectivity index (χ3n) is 3.37. The summed E-state index contributed by atoms with van der Waals surface area (Å²) in [5.41, 5.74) is 0.928. The Morgan fingerprint density at radius 2 is 2.44 bits per heavy atom. The fourth-order valence-electron chi connectivity index (χ4n) is 2.15. The highest BCUT2D eigenvalue weighted by Gasteiger charge is 2.35. The zero-order valence-corrected chi connectivity index (χ0v) is 11.7. The Bertz CT molecular complexity index is 399. The maximum atomic E-state index is 12.0. The van der Waals surface area contributed by atoms with E-state index in [1.54, 1.807) is 4.68 Å². The Balaban J connectivity index is 0.00000162. The lowest BCUT2D eigenvalue weighted by atomic mass is 9.89. The topological polar surface area (TPSA) is 59.0 Å². The highest BCUT2D eigenvalue weighted by Crippen LogP contribution is 2.24. The number of nitrogens with zero attached hydrogens (tertiary/aromatic N) is 2. The molecule has 1 aromatic heterocycles. The third-order valence-corrected chi connectivity index (χ3v) is 3.37. The van der Waals surface area contributed by atoms with E-state index < -0.39 is 0 Å². The van der Waals surface area contributed by atoms with Crippen molar-refractivity contribution in [2.75, 3.05) is 19.6 Å². The van der Waals surface area contributed by atoms with Crippen LogP contribution in [0.4, 0.5) is 0 Å². The zero-order valence-electron chi connectivity index (χ0n) is 10.9. The van der Waals surface area contributed by atoms with Crippen LogP contribution < -0.4 is 10.6 Å². The average Bonchev–Trinajstić information content (AvgIpc) is 2.89. The van der Waals surface area contributed by atoms with Crippen molar-refractivity contribution in [3.05, 3.63) is 18.0 Å². The second-order valence-corrected chi connectivity index (χ2v) is 5.02. The SMILES string of the molecule is Cl.Cn1cc(CCNC(=O)C2(C)CCNC2)cn1. The van der Waals surface area contributed by atoms with Gasteiger partial charge in [-0.1, -0.05) is 0 Å². The van der Waals surface area contributed by atoms with Gasteiger partial charge in [0, 0.05) is 26.3 Å². The molecule has 5 nitrogen and oxygen atoms in total. The molecule has 102 valence electrons. The maximum absolute atomic E-state index is 12.0. The molecule has 0 spiro atoms. The van der Waals surface area contributed by atoms with E-state index in [4.69, 9.17) is 0 Å². The molecule has 1 fully saturated rings. The van der Waals surface area contributed by atoms with E-state index in [2.05, 4.69) is 15.7 Å². The van der Waals surface area contributed by atoms with Gasteiger partial charge in [-0.3, -0.25) is 9.48 Å². The number of rotatable bonds is 4. The fourth-order valence-corrected chi connectivity index (χ4v) is 2.15. The van der Waals surface area contributed by atoms with Gasteiger partial charge in [0.1, 0.15) is 0 Å². The predicted octanol–water partition coefficient (Wildman–Crippen LogP) is 0.500. The summed E-state index contributed by atoms with van der Waals surface area (Å²) in [6.45, 7) is 4.42. The molecular weight excluding hydrogens is 252 g/mol. The molecule has 2 heterocycles. The van der Waals surface area contributed by atoms with Crippen LogP contribution in [0.25, 0.3) is 0 Å². The lowest BCUT2D eigenvalue weighted by Gasteiger charge is -2.21. The van der Waals surface area contributed by atoms with E-state index in [-0.39, 0.29) is 23.7 Å². The van der Waals surface area contributed by atoms with Crippen LogP contribution in [0.15, 0.2) is 12.4 Å². The first kappa shape index (κ1) is 15.0. The van der Waals surface area contributed by atoms with Gasteiger partial charge >= 0.3 is 0 Å². The first-order valence-electron chi connectivity index (χ1n) is 6.07. The summed E-state index contributed by atoms with van der Waals surface area (Å²) < 4.78 is 1.78. The Hall–Kier alpha value is -1.07. The van der Waals surface area contributed by atoms with Gasteiger partial charge in [0.15, 0.2) is 0 Å². The number of hydrogen-bond donors (Lipinski definition) is 2. The van der Waals surface area contributed by atoms with Gasteiger partial charge < -0.3 is 10.6 Å². The van der Waals surface area contributed by atoms with Crippen molar-refractivity contribution in [1.29, 1.82) is 0 Å². The van der Waals surface area contributed by atoms with Crippen LogP contribution in [0, 0.1) is 5.41 Å². The van der Waals surface area contributed by atoms with Crippen molar-refractivity contribution in [2.45, 2.75) is 19.8 Å². The maximum Gasteiger partial charge on any atom is 0.227 e. The number of aryl methyl sites for hydroxylation is 1. The molecule has 1 aromatic rings. The molecule has 6 heteroatoms.